The average molecular weight is 362 g/mol. The summed E-state index contributed by atoms with van der Waals surface area (Å²) in [5, 5.41) is 0.674. The van der Waals surface area contributed by atoms with Crippen LogP contribution in [0.3, 0.4) is 0 Å². The zero-order chi connectivity index (χ0) is 11.7. The second-order valence-corrected chi connectivity index (χ2v) is 5.28. The Morgan fingerprint density at radius 3 is 2.69 bits per heavy atom. The van der Waals surface area contributed by atoms with Crippen molar-refractivity contribution in [1.29, 1.82) is 0 Å². The summed E-state index contributed by atoms with van der Waals surface area (Å²) in [7, 11) is 0. The lowest BCUT2D eigenvalue weighted by atomic mass is 10.1. The first kappa shape index (κ1) is 11.9. The standard InChI is InChI=1S/C11H7Br2ClN2/c12-8-5-16-11(9(13)10(8)15)6-2-1-3-7(14)4-6/h1-5H,(H2,15,16). The Hall–Kier alpha value is -0.580. The third-order valence-electron chi connectivity index (χ3n) is 2.11. The maximum absolute atomic E-state index is 5.93. The van der Waals surface area contributed by atoms with Crippen LogP contribution in [0.15, 0.2) is 39.4 Å². The lowest BCUT2D eigenvalue weighted by Gasteiger charge is -2.07. The molecule has 0 amide bonds. The quantitative estimate of drug-likeness (QED) is 0.811. The first-order valence-corrected chi connectivity index (χ1v) is 6.41. The van der Waals surface area contributed by atoms with Gasteiger partial charge in [0, 0.05) is 16.8 Å². The van der Waals surface area contributed by atoms with Crippen LogP contribution in [-0.4, -0.2) is 4.98 Å². The third kappa shape index (κ3) is 2.24. The van der Waals surface area contributed by atoms with Crippen LogP contribution in [0.2, 0.25) is 5.02 Å². The van der Waals surface area contributed by atoms with Crippen LogP contribution in [0.4, 0.5) is 5.69 Å². The first-order chi connectivity index (χ1) is 7.59. The molecule has 2 aromatic rings. The SMILES string of the molecule is Nc1c(Br)cnc(-c2cccc(Cl)c2)c1Br. The molecule has 0 saturated carbocycles. The number of hydrogen-bond donors (Lipinski definition) is 1. The monoisotopic (exact) mass is 360 g/mol. The molecule has 0 aliphatic rings. The summed E-state index contributed by atoms with van der Waals surface area (Å²) in [5.74, 6) is 0. The summed E-state index contributed by atoms with van der Waals surface area (Å²) in [5.41, 5.74) is 8.23. The summed E-state index contributed by atoms with van der Waals surface area (Å²) >= 11 is 12.7. The fourth-order valence-corrected chi connectivity index (χ4v) is 2.62. The van der Waals surface area contributed by atoms with Gasteiger partial charge in [-0.2, -0.15) is 0 Å². The molecule has 2 rings (SSSR count). The number of aromatic nitrogens is 1. The maximum Gasteiger partial charge on any atom is 0.0866 e. The summed E-state index contributed by atoms with van der Waals surface area (Å²) in [6, 6.07) is 7.49. The van der Waals surface area contributed by atoms with E-state index in [0.717, 1.165) is 20.2 Å². The number of anilines is 1. The minimum absolute atomic E-state index is 0.630. The molecule has 0 aliphatic carbocycles. The first-order valence-electron chi connectivity index (χ1n) is 4.45. The van der Waals surface area contributed by atoms with E-state index in [-0.39, 0.29) is 0 Å². The predicted molar refractivity (Wildman–Crippen MR) is 74.5 cm³/mol. The van der Waals surface area contributed by atoms with Crippen LogP contribution in [0, 0.1) is 0 Å². The molecule has 16 heavy (non-hydrogen) atoms. The minimum atomic E-state index is 0.630. The number of rotatable bonds is 1. The highest BCUT2D eigenvalue weighted by atomic mass is 79.9. The van der Waals surface area contributed by atoms with Crippen LogP contribution >= 0.6 is 43.5 Å². The van der Waals surface area contributed by atoms with Crippen molar-refractivity contribution < 1.29 is 0 Å². The molecular weight excluding hydrogens is 355 g/mol. The molecule has 0 aliphatic heterocycles. The Morgan fingerprint density at radius 1 is 1.25 bits per heavy atom. The molecule has 0 atom stereocenters. The van der Waals surface area contributed by atoms with Gasteiger partial charge in [0.1, 0.15) is 0 Å². The number of pyridine rings is 1. The van der Waals surface area contributed by atoms with Gasteiger partial charge in [-0.15, -0.1) is 0 Å². The second-order valence-electron chi connectivity index (χ2n) is 3.19. The number of nitrogens with zero attached hydrogens (tertiary/aromatic N) is 1. The van der Waals surface area contributed by atoms with Crippen molar-refractivity contribution in [3.63, 3.8) is 0 Å². The summed E-state index contributed by atoms with van der Waals surface area (Å²) < 4.78 is 1.54. The lowest BCUT2D eigenvalue weighted by molar-refractivity contribution is 1.29. The van der Waals surface area contributed by atoms with Crippen molar-refractivity contribution in [2.24, 2.45) is 0 Å². The topological polar surface area (TPSA) is 38.9 Å². The van der Waals surface area contributed by atoms with Crippen molar-refractivity contribution >= 4 is 49.1 Å². The van der Waals surface area contributed by atoms with Gasteiger partial charge in [0.15, 0.2) is 0 Å². The van der Waals surface area contributed by atoms with Gasteiger partial charge >= 0.3 is 0 Å². The zero-order valence-corrected chi connectivity index (χ0v) is 12.0. The van der Waals surface area contributed by atoms with E-state index in [1.165, 1.54) is 0 Å². The van der Waals surface area contributed by atoms with Gasteiger partial charge < -0.3 is 5.73 Å². The highest BCUT2D eigenvalue weighted by Crippen LogP contribution is 2.35. The molecule has 0 radical (unpaired) electrons. The summed E-state index contributed by atoms with van der Waals surface area (Å²) in [6.45, 7) is 0. The molecule has 5 heteroatoms. The molecule has 1 aromatic carbocycles. The van der Waals surface area contributed by atoms with Gasteiger partial charge in [0.2, 0.25) is 0 Å². The molecule has 0 spiro atoms. The molecule has 2 nitrogen and oxygen atoms in total. The van der Waals surface area contributed by atoms with E-state index in [4.69, 9.17) is 17.3 Å². The largest absolute Gasteiger partial charge is 0.397 e. The van der Waals surface area contributed by atoms with Crippen molar-refractivity contribution in [1.82, 2.24) is 4.98 Å². The van der Waals surface area contributed by atoms with E-state index in [2.05, 4.69) is 36.8 Å². The number of benzene rings is 1. The fraction of sp³-hybridized carbons (Fsp3) is 0. The predicted octanol–water partition coefficient (Wildman–Crippen LogP) is 4.51. The third-order valence-corrected chi connectivity index (χ3v) is 3.78. The lowest BCUT2D eigenvalue weighted by Crippen LogP contribution is -1.94. The number of nitrogen functional groups attached to an aromatic ring is 1. The van der Waals surface area contributed by atoms with E-state index < -0.39 is 0 Å². The van der Waals surface area contributed by atoms with Crippen LogP contribution in [0.5, 0.6) is 0 Å². The van der Waals surface area contributed by atoms with Crippen LogP contribution in [0.1, 0.15) is 0 Å². The molecule has 0 bridgehead atoms. The van der Waals surface area contributed by atoms with E-state index in [1.54, 1.807) is 6.20 Å². The second kappa shape index (κ2) is 4.73. The van der Waals surface area contributed by atoms with Gasteiger partial charge in [-0.3, -0.25) is 4.98 Å². The highest BCUT2D eigenvalue weighted by molar-refractivity contribution is 9.11. The summed E-state index contributed by atoms with van der Waals surface area (Å²) in [6.07, 6.45) is 1.68. The van der Waals surface area contributed by atoms with Crippen molar-refractivity contribution in [2.45, 2.75) is 0 Å². The Bertz CT molecular complexity index is 544. The van der Waals surface area contributed by atoms with E-state index in [9.17, 15) is 0 Å². The number of nitrogens with two attached hydrogens (primary N) is 1. The highest BCUT2D eigenvalue weighted by Gasteiger charge is 2.10. The van der Waals surface area contributed by atoms with Crippen molar-refractivity contribution in [3.8, 4) is 11.3 Å². The number of halogens is 3. The molecular formula is C11H7Br2ClN2. The Morgan fingerprint density at radius 2 is 2.00 bits per heavy atom. The Balaban J connectivity index is 2.61. The van der Waals surface area contributed by atoms with Gasteiger partial charge in [0.25, 0.3) is 0 Å². The zero-order valence-electron chi connectivity index (χ0n) is 8.05. The van der Waals surface area contributed by atoms with Gasteiger partial charge in [-0.25, -0.2) is 0 Å². The van der Waals surface area contributed by atoms with Crippen LogP contribution in [-0.2, 0) is 0 Å². The normalized spacial score (nSPS) is 10.4. The van der Waals surface area contributed by atoms with Gasteiger partial charge in [-0.05, 0) is 44.0 Å². The van der Waals surface area contributed by atoms with Gasteiger partial charge in [-0.1, -0.05) is 23.7 Å². The Kier molecular flexibility index (Phi) is 3.52. The molecule has 2 N–H and O–H groups in total. The molecule has 0 saturated heterocycles. The van der Waals surface area contributed by atoms with E-state index in [0.29, 0.717) is 10.7 Å². The molecule has 1 aromatic heterocycles. The maximum atomic E-state index is 5.93. The molecule has 0 unspecified atom stereocenters. The number of hydrogen-bond acceptors (Lipinski definition) is 2. The molecule has 82 valence electrons. The smallest absolute Gasteiger partial charge is 0.0866 e. The van der Waals surface area contributed by atoms with Crippen molar-refractivity contribution in [2.75, 3.05) is 5.73 Å². The minimum Gasteiger partial charge on any atom is -0.397 e. The average Bonchev–Trinajstić information content (AvgIpc) is 2.26. The van der Waals surface area contributed by atoms with Gasteiger partial charge in [0.05, 0.1) is 20.3 Å². The van der Waals surface area contributed by atoms with Crippen LogP contribution in [0.25, 0.3) is 11.3 Å². The van der Waals surface area contributed by atoms with Crippen molar-refractivity contribution in [3.05, 3.63) is 44.4 Å². The Labute approximate surface area is 115 Å². The summed E-state index contributed by atoms with van der Waals surface area (Å²) in [4.78, 5) is 4.32. The molecule has 1 heterocycles. The van der Waals surface area contributed by atoms with E-state index in [1.807, 2.05) is 24.3 Å². The fourth-order valence-electron chi connectivity index (χ4n) is 1.32. The van der Waals surface area contributed by atoms with E-state index >= 15 is 0 Å². The molecule has 0 fully saturated rings. The van der Waals surface area contributed by atoms with Crippen LogP contribution < -0.4 is 5.73 Å².